The summed E-state index contributed by atoms with van der Waals surface area (Å²) in [5, 5.41) is 0. The van der Waals surface area contributed by atoms with Crippen LogP contribution in [0, 0.1) is 5.92 Å². The van der Waals surface area contributed by atoms with E-state index in [2.05, 4.69) is 34.6 Å². The van der Waals surface area contributed by atoms with Crippen molar-refractivity contribution in [3.63, 3.8) is 0 Å². The van der Waals surface area contributed by atoms with Crippen LogP contribution in [0.5, 0.6) is 0 Å². The predicted octanol–water partition coefficient (Wildman–Crippen LogP) is 8.93. The van der Waals surface area contributed by atoms with Gasteiger partial charge in [-0.05, 0) is 5.92 Å². The minimum atomic E-state index is 0.884. The first-order chi connectivity index (χ1) is 10.7. The SMILES string of the molecule is CCC(C)C.CCCCCCCCCCCCCCCCC. The molecule has 0 aliphatic rings. The lowest BCUT2D eigenvalue weighted by molar-refractivity contribution is 0.534. The second-order valence-corrected chi connectivity index (χ2v) is 7.40. The highest BCUT2D eigenvalue weighted by Crippen LogP contribution is 2.13. The maximum atomic E-state index is 2.29. The van der Waals surface area contributed by atoms with E-state index in [1.54, 1.807) is 0 Å². The molecule has 0 fully saturated rings. The molecule has 0 aliphatic carbocycles. The van der Waals surface area contributed by atoms with Crippen LogP contribution in [0.25, 0.3) is 0 Å². The molecule has 0 saturated carbocycles. The van der Waals surface area contributed by atoms with E-state index in [0.29, 0.717) is 0 Å². The summed E-state index contributed by atoms with van der Waals surface area (Å²) in [5.74, 6) is 0.884. The lowest BCUT2D eigenvalue weighted by Gasteiger charge is -2.02. The summed E-state index contributed by atoms with van der Waals surface area (Å²) >= 11 is 0. The van der Waals surface area contributed by atoms with Crippen molar-refractivity contribution in [2.75, 3.05) is 0 Å². The van der Waals surface area contributed by atoms with Gasteiger partial charge in [0.05, 0.1) is 0 Å². The Morgan fingerprint density at radius 3 is 0.727 bits per heavy atom. The van der Waals surface area contributed by atoms with Crippen LogP contribution in [0.15, 0.2) is 0 Å². The largest absolute Gasteiger partial charge is 0.0654 e. The standard InChI is InChI=1S/C17H36.C5H12/c1-3-5-7-9-11-13-15-17-16-14-12-10-8-6-4-2;1-4-5(2)3/h3-17H2,1-2H3;5H,4H2,1-3H3. The number of hydrogen-bond acceptors (Lipinski definition) is 0. The molecule has 0 aromatic heterocycles. The van der Waals surface area contributed by atoms with E-state index in [9.17, 15) is 0 Å². The van der Waals surface area contributed by atoms with E-state index < -0.39 is 0 Å². The van der Waals surface area contributed by atoms with Gasteiger partial charge in [-0.15, -0.1) is 0 Å². The molecule has 22 heavy (non-hydrogen) atoms. The first kappa shape index (κ1) is 24.3. The zero-order valence-electron chi connectivity index (χ0n) is 16.9. The summed E-state index contributed by atoms with van der Waals surface area (Å²) in [4.78, 5) is 0. The molecule has 0 heteroatoms. The molecule has 136 valence electrons. The van der Waals surface area contributed by atoms with Gasteiger partial charge in [0.15, 0.2) is 0 Å². The zero-order chi connectivity index (χ0) is 16.9. The van der Waals surface area contributed by atoms with E-state index in [0.717, 1.165) is 5.92 Å². The second kappa shape index (κ2) is 23.3. The topological polar surface area (TPSA) is 0 Å². The molecule has 0 amide bonds. The van der Waals surface area contributed by atoms with Crippen molar-refractivity contribution in [3.05, 3.63) is 0 Å². The fraction of sp³-hybridized carbons (Fsp3) is 1.00. The van der Waals surface area contributed by atoms with Gasteiger partial charge in [0.2, 0.25) is 0 Å². The molecule has 0 spiro atoms. The molecule has 0 nitrogen and oxygen atoms in total. The van der Waals surface area contributed by atoms with Crippen molar-refractivity contribution in [2.45, 2.75) is 137 Å². The number of hydrogen-bond donors (Lipinski definition) is 0. The van der Waals surface area contributed by atoms with Gasteiger partial charge in [-0.1, -0.05) is 137 Å². The smallest absolute Gasteiger partial charge is 0.0474 e. The van der Waals surface area contributed by atoms with Crippen molar-refractivity contribution in [2.24, 2.45) is 5.92 Å². The molecule has 0 aromatic rings. The van der Waals surface area contributed by atoms with E-state index in [-0.39, 0.29) is 0 Å². The summed E-state index contributed by atoms with van der Waals surface area (Å²) in [6.45, 7) is 11.2. The molecular formula is C22H48. The van der Waals surface area contributed by atoms with Crippen LogP contribution in [-0.4, -0.2) is 0 Å². The average Bonchev–Trinajstić information content (AvgIpc) is 2.52. The third-order valence-electron chi connectivity index (χ3n) is 4.52. The highest BCUT2D eigenvalue weighted by atomic mass is 14.0. The Morgan fingerprint density at radius 1 is 0.409 bits per heavy atom. The second-order valence-electron chi connectivity index (χ2n) is 7.40. The van der Waals surface area contributed by atoms with Gasteiger partial charge < -0.3 is 0 Å². The molecular weight excluding hydrogens is 264 g/mol. The van der Waals surface area contributed by atoms with E-state index in [1.165, 1.54) is 103 Å². The van der Waals surface area contributed by atoms with Crippen molar-refractivity contribution >= 4 is 0 Å². The fourth-order valence-electron chi connectivity index (χ4n) is 2.44. The van der Waals surface area contributed by atoms with Crippen LogP contribution in [0.2, 0.25) is 0 Å². The molecule has 0 aromatic carbocycles. The quantitative estimate of drug-likeness (QED) is 0.265. The molecule has 0 heterocycles. The lowest BCUT2D eigenvalue weighted by atomic mass is 10.0. The zero-order valence-corrected chi connectivity index (χ0v) is 16.9. The van der Waals surface area contributed by atoms with Gasteiger partial charge in [-0.2, -0.15) is 0 Å². The fourth-order valence-corrected chi connectivity index (χ4v) is 2.44. The van der Waals surface area contributed by atoms with Gasteiger partial charge in [0.25, 0.3) is 0 Å². The number of rotatable bonds is 15. The Labute approximate surface area is 143 Å². The van der Waals surface area contributed by atoms with Gasteiger partial charge in [-0.3, -0.25) is 0 Å². The van der Waals surface area contributed by atoms with Crippen LogP contribution >= 0.6 is 0 Å². The Balaban J connectivity index is 0. The van der Waals surface area contributed by atoms with Crippen molar-refractivity contribution in [1.29, 1.82) is 0 Å². The number of unbranched alkanes of at least 4 members (excludes halogenated alkanes) is 14. The van der Waals surface area contributed by atoms with Crippen LogP contribution in [-0.2, 0) is 0 Å². The maximum absolute atomic E-state index is 2.29. The highest BCUT2D eigenvalue weighted by molar-refractivity contribution is 4.48. The summed E-state index contributed by atoms with van der Waals surface area (Å²) in [6, 6.07) is 0. The molecule has 0 saturated heterocycles. The summed E-state index contributed by atoms with van der Waals surface area (Å²) in [7, 11) is 0. The van der Waals surface area contributed by atoms with Gasteiger partial charge in [0.1, 0.15) is 0 Å². The Hall–Kier alpha value is 0. The van der Waals surface area contributed by atoms with E-state index >= 15 is 0 Å². The third kappa shape index (κ3) is 28.2. The van der Waals surface area contributed by atoms with Crippen LogP contribution in [0.3, 0.4) is 0 Å². The van der Waals surface area contributed by atoms with Crippen molar-refractivity contribution in [1.82, 2.24) is 0 Å². The van der Waals surface area contributed by atoms with Gasteiger partial charge in [0, 0.05) is 0 Å². The maximum Gasteiger partial charge on any atom is -0.0474 e. The van der Waals surface area contributed by atoms with Gasteiger partial charge >= 0.3 is 0 Å². The minimum absolute atomic E-state index is 0.884. The lowest BCUT2D eigenvalue weighted by Crippen LogP contribution is -1.82. The molecule has 0 N–H and O–H groups in total. The monoisotopic (exact) mass is 312 g/mol. The normalized spacial score (nSPS) is 10.6. The highest BCUT2D eigenvalue weighted by Gasteiger charge is 1.93. The molecule has 0 atom stereocenters. The van der Waals surface area contributed by atoms with Crippen molar-refractivity contribution in [3.8, 4) is 0 Å². The van der Waals surface area contributed by atoms with Crippen molar-refractivity contribution < 1.29 is 0 Å². The summed E-state index contributed by atoms with van der Waals surface area (Å²) < 4.78 is 0. The molecule has 0 radical (unpaired) electrons. The molecule has 0 bridgehead atoms. The minimum Gasteiger partial charge on any atom is -0.0654 e. The molecule has 0 aliphatic heterocycles. The van der Waals surface area contributed by atoms with Crippen LogP contribution < -0.4 is 0 Å². The van der Waals surface area contributed by atoms with Crippen LogP contribution in [0.4, 0.5) is 0 Å². The average molecular weight is 313 g/mol. The van der Waals surface area contributed by atoms with Gasteiger partial charge in [-0.25, -0.2) is 0 Å². The predicted molar refractivity (Wildman–Crippen MR) is 106 cm³/mol. The third-order valence-corrected chi connectivity index (χ3v) is 4.52. The van der Waals surface area contributed by atoms with Crippen LogP contribution in [0.1, 0.15) is 137 Å². The van der Waals surface area contributed by atoms with E-state index in [1.807, 2.05) is 0 Å². The summed E-state index contributed by atoms with van der Waals surface area (Å²) in [6.07, 6.45) is 23.2. The Kier molecular flexibility index (Phi) is 25.7. The summed E-state index contributed by atoms with van der Waals surface area (Å²) in [5.41, 5.74) is 0. The Morgan fingerprint density at radius 2 is 0.591 bits per heavy atom. The Bertz CT molecular complexity index is 145. The first-order valence-corrected chi connectivity index (χ1v) is 10.7. The van der Waals surface area contributed by atoms with E-state index in [4.69, 9.17) is 0 Å². The molecule has 0 rings (SSSR count). The molecule has 0 unspecified atom stereocenters. The first-order valence-electron chi connectivity index (χ1n) is 10.7.